The molecule has 1 heterocycles. The van der Waals surface area contributed by atoms with Crippen molar-refractivity contribution in [1.82, 2.24) is 14.8 Å². The van der Waals surface area contributed by atoms with Gasteiger partial charge in [0.05, 0.1) is 18.2 Å². The van der Waals surface area contributed by atoms with Crippen LogP contribution in [0.15, 0.2) is 53.7 Å². The Morgan fingerprint density at radius 1 is 1.00 bits per heavy atom. The third kappa shape index (κ3) is 4.51. The fraction of sp³-hybridized carbons (Fsp3) is 0.263. The molecule has 0 amide bonds. The van der Waals surface area contributed by atoms with Crippen LogP contribution in [0.2, 0.25) is 5.02 Å². The van der Waals surface area contributed by atoms with Crippen LogP contribution in [0.1, 0.15) is 6.92 Å². The zero-order valence-corrected chi connectivity index (χ0v) is 16.3. The van der Waals surface area contributed by atoms with Crippen molar-refractivity contribution in [3.05, 3.63) is 53.6 Å². The van der Waals surface area contributed by atoms with E-state index < -0.39 is 0 Å². The molecule has 0 atom stereocenters. The lowest BCUT2D eigenvalue weighted by Gasteiger charge is -2.08. The second-order valence-electron chi connectivity index (χ2n) is 5.45. The van der Waals surface area contributed by atoms with Crippen LogP contribution in [0, 0.1) is 0 Å². The molecule has 0 saturated carbocycles. The van der Waals surface area contributed by atoms with Gasteiger partial charge in [0.1, 0.15) is 11.5 Å². The lowest BCUT2D eigenvalue weighted by molar-refractivity contribution is 0.332. The Morgan fingerprint density at radius 3 is 2.38 bits per heavy atom. The van der Waals surface area contributed by atoms with E-state index in [1.807, 2.05) is 67.1 Å². The van der Waals surface area contributed by atoms with E-state index in [1.165, 1.54) is 0 Å². The number of hydrogen-bond acceptors (Lipinski definition) is 5. The van der Waals surface area contributed by atoms with Crippen LogP contribution in [0.25, 0.3) is 11.4 Å². The fourth-order valence-corrected chi connectivity index (χ4v) is 3.36. The minimum atomic E-state index is 0.576. The number of aromatic nitrogens is 3. The highest BCUT2D eigenvalue weighted by molar-refractivity contribution is 7.99. The lowest BCUT2D eigenvalue weighted by Crippen LogP contribution is -2.02. The van der Waals surface area contributed by atoms with Gasteiger partial charge in [-0.25, -0.2) is 0 Å². The molecule has 3 aromatic rings. The minimum Gasteiger partial charge on any atom is -0.494 e. The van der Waals surface area contributed by atoms with Gasteiger partial charge in [-0.3, -0.25) is 0 Å². The van der Waals surface area contributed by atoms with Crippen molar-refractivity contribution in [3.8, 4) is 22.9 Å². The van der Waals surface area contributed by atoms with Crippen LogP contribution in [0.4, 0.5) is 0 Å². The van der Waals surface area contributed by atoms with Gasteiger partial charge in [-0.2, -0.15) is 0 Å². The summed E-state index contributed by atoms with van der Waals surface area (Å²) in [6.45, 7) is 3.20. The van der Waals surface area contributed by atoms with Crippen molar-refractivity contribution >= 4 is 23.4 Å². The molecule has 0 bridgehead atoms. The number of halogens is 1. The second kappa shape index (κ2) is 8.96. The highest BCUT2D eigenvalue weighted by Crippen LogP contribution is 2.28. The largest absolute Gasteiger partial charge is 0.494 e. The van der Waals surface area contributed by atoms with Gasteiger partial charge in [-0.05, 0) is 43.3 Å². The highest BCUT2D eigenvalue weighted by atomic mass is 35.5. The van der Waals surface area contributed by atoms with Crippen LogP contribution in [-0.2, 0) is 7.05 Å². The number of hydrogen-bond donors (Lipinski definition) is 0. The monoisotopic (exact) mass is 389 g/mol. The van der Waals surface area contributed by atoms with E-state index in [1.54, 1.807) is 11.8 Å². The number of nitrogens with zero attached hydrogens (tertiary/aromatic N) is 3. The Balaban J connectivity index is 1.53. The summed E-state index contributed by atoms with van der Waals surface area (Å²) in [6.07, 6.45) is 0. The van der Waals surface area contributed by atoms with Crippen molar-refractivity contribution in [2.75, 3.05) is 19.0 Å². The zero-order chi connectivity index (χ0) is 18.4. The molecule has 0 radical (unpaired) electrons. The standard InChI is InChI=1S/C19H20ClN3O2S/c1-3-24-14-8-10-15(11-9-14)25-12-13-26-19-22-21-18(23(19)2)16-6-4-5-7-17(16)20/h4-11H,3,12-13H2,1-2H3. The number of rotatable bonds is 8. The number of benzene rings is 2. The van der Waals surface area contributed by atoms with E-state index in [4.69, 9.17) is 21.1 Å². The first-order chi connectivity index (χ1) is 12.7. The highest BCUT2D eigenvalue weighted by Gasteiger charge is 2.13. The van der Waals surface area contributed by atoms with E-state index in [2.05, 4.69) is 10.2 Å². The maximum Gasteiger partial charge on any atom is 0.191 e. The summed E-state index contributed by atoms with van der Waals surface area (Å²) in [6, 6.07) is 15.3. The normalized spacial score (nSPS) is 10.7. The van der Waals surface area contributed by atoms with Crippen molar-refractivity contribution in [3.63, 3.8) is 0 Å². The maximum absolute atomic E-state index is 6.25. The van der Waals surface area contributed by atoms with Crippen molar-refractivity contribution in [2.24, 2.45) is 7.05 Å². The quantitative estimate of drug-likeness (QED) is 0.412. The molecule has 0 spiro atoms. The first kappa shape index (κ1) is 18.6. The Hall–Kier alpha value is -2.18. The third-order valence-electron chi connectivity index (χ3n) is 3.67. The predicted molar refractivity (Wildman–Crippen MR) is 105 cm³/mol. The van der Waals surface area contributed by atoms with E-state index in [9.17, 15) is 0 Å². The van der Waals surface area contributed by atoms with Crippen LogP contribution in [0.3, 0.4) is 0 Å². The van der Waals surface area contributed by atoms with E-state index in [-0.39, 0.29) is 0 Å². The first-order valence-corrected chi connectivity index (χ1v) is 9.68. The molecule has 0 fully saturated rings. The molecule has 136 valence electrons. The van der Waals surface area contributed by atoms with Crippen LogP contribution < -0.4 is 9.47 Å². The Morgan fingerprint density at radius 2 is 1.69 bits per heavy atom. The molecular formula is C19H20ClN3O2S. The van der Waals surface area contributed by atoms with Crippen LogP contribution >= 0.6 is 23.4 Å². The molecule has 0 saturated heterocycles. The fourth-order valence-electron chi connectivity index (χ4n) is 2.41. The first-order valence-electron chi connectivity index (χ1n) is 8.31. The molecule has 26 heavy (non-hydrogen) atoms. The molecule has 0 aliphatic heterocycles. The van der Waals surface area contributed by atoms with Gasteiger partial charge in [0.25, 0.3) is 0 Å². The molecule has 0 unspecified atom stereocenters. The average molecular weight is 390 g/mol. The van der Waals surface area contributed by atoms with E-state index in [0.29, 0.717) is 18.2 Å². The van der Waals surface area contributed by atoms with Gasteiger partial charge in [0, 0.05) is 18.4 Å². The molecule has 0 N–H and O–H groups in total. The summed E-state index contributed by atoms with van der Waals surface area (Å²) in [5, 5.41) is 10.0. The third-order valence-corrected chi connectivity index (χ3v) is 4.98. The van der Waals surface area contributed by atoms with Gasteiger partial charge >= 0.3 is 0 Å². The summed E-state index contributed by atoms with van der Waals surface area (Å²) >= 11 is 7.84. The lowest BCUT2D eigenvalue weighted by atomic mass is 10.2. The van der Waals surface area contributed by atoms with Gasteiger partial charge in [-0.1, -0.05) is 35.5 Å². The molecule has 7 heteroatoms. The van der Waals surface area contributed by atoms with Crippen molar-refractivity contribution in [1.29, 1.82) is 0 Å². The molecule has 0 aliphatic rings. The second-order valence-corrected chi connectivity index (χ2v) is 6.92. The topological polar surface area (TPSA) is 49.2 Å². The van der Waals surface area contributed by atoms with Crippen LogP contribution in [-0.4, -0.2) is 33.7 Å². The van der Waals surface area contributed by atoms with Gasteiger partial charge in [0.2, 0.25) is 0 Å². The average Bonchev–Trinajstić information content (AvgIpc) is 3.01. The van der Waals surface area contributed by atoms with Gasteiger partial charge < -0.3 is 14.0 Å². The van der Waals surface area contributed by atoms with Crippen molar-refractivity contribution < 1.29 is 9.47 Å². The summed E-state index contributed by atoms with van der Waals surface area (Å²) in [5.74, 6) is 3.19. The van der Waals surface area contributed by atoms with Crippen molar-refractivity contribution in [2.45, 2.75) is 12.1 Å². The number of thioether (sulfide) groups is 1. The van der Waals surface area contributed by atoms with Gasteiger partial charge in [0.15, 0.2) is 11.0 Å². The SMILES string of the molecule is CCOc1ccc(OCCSc2nnc(-c3ccccc3Cl)n2C)cc1. The molecule has 0 aliphatic carbocycles. The molecule has 2 aromatic carbocycles. The summed E-state index contributed by atoms with van der Waals surface area (Å²) in [7, 11) is 1.94. The maximum atomic E-state index is 6.25. The summed E-state index contributed by atoms with van der Waals surface area (Å²) in [4.78, 5) is 0. The molecule has 1 aromatic heterocycles. The minimum absolute atomic E-state index is 0.576. The Labute approximate surface area is 162 Å². The Kier molecular flexibility index (Phi) is 6.41. The Bertz CT molecular complexity index is 852. The summed E-state index contributed by atoms with van der Waals surface area (Å²) < 4.78 is 13.1. The predicted octanol–water partition coefficient (Wildman–Crippen LogP) is 4.71. The number of ether oxygens (including phenoxy) is 2. The van der Waals surface area contributed by atoms with Gasteiger partial charge in [-0.15, -0.1) is 10.2 Å². The molecule has 3 rings (SSSR count). The van der Waals surface area contributed by atoms with E-state index in [0.717, 1.165) is 33.8 Å². The summed E-state index contributed by atoms with van der Waals surface area (Å²) in [5.41, 5.74) is 0.877. The van der Waals surface area contributed by atoms with E-state index >= 15 is 0 Å². The smallest absolute Gasteiger partial charge is 0.191 e. The zero-order valence-electron chi connectivity index (χ0n) is 14.7. The molecular weight excluding hydrogens is 370 g/mol. The van der Waals surface area contributed by atoms with Crippen LogP contribution in [0.5, 0.6) is 11.5 Å². The molecule has 5 nitrogen and oxygen atoms in total.